The summed E-state index contributed by atoms with van der Waals surface area (Å²) in [6, 6.07) is 8.68. The van der Waals surface area contributed by atoms with Crippen molar-refractivity contribution in [2.24, 2.45) is 0 Å². The lowest BCUT2D eigenvalue weighted by atomic mass is 10.2. The monoisotopic (exact) mass is 354 g/mol. The van der Waals surface area contributed by atoms with Gasteiger partial charge < -0.3 is 0 Å². The van der Waals surface area contributed by atoms with Crippen LogP contribution < -0.4 is 10.9 Å². The van der Waals surface area contributed by atoms with Crippen LogP contribution in [0.4, 0.5) is 0 Å². The van der Waals surface area contributed by atoms with E-state index in [9.17, 15) is 9.59 Å². The van der Waals surface area contributed by atoms with Crippen LogP contribution in [-0.4, -0.2) is 33.5 Å². The van der Waals surface area contributed by atoms with Gasteiger partial charge in [0.05, 0.1) is 5.25 Å². The summed E-state index contributed by atoms with van der Waals surface area (Å²) in [4.78, 5) is 23.8. The number of nitrogens with one attached hydrogen (secondary N) is 2. The molecule has 1 aromatic carbocycles. The summed E-state index contributed by atoms with van der Waals surface area (Å²) in [6.45, 7) is 1.74. The topological polar surface area (TPSA) is 84.0 Å². The number of thioether (sulfide) groups is 2. The molecule has 0 saturated carbocycles. The van der Waals surface area contributed by atoms with E-state index in [1.807, 2.05) is 12.3 Å². The Labute approximate surface area is 140 Å². The summed E-state index contributed by atoms with van der Waals surface area (Å²) in [7, 11) is 0. The normalized spacial score (nSPS) is 11.7. The molecule has 9 heteroatoms. The lowest BCUT2D eigenvalue weighted by Gasteiger charge is -2.11. The quantitative estimate of drug-likeness (QED) is 0.633. The highest BCUT2D eigenvalue weighted by Crippen LogP contribution is 2.29. The van der Waals surface area contributed by atoms with Crippen molar-refractivity contribution in [1.82, 2.24) is 21.0 Å². The van der Waals surface area contributed by atoms with Crippen molar-refractivity contribution >= 4 is 46.7 Å². The van der Waals surface area contributed by atoms with Crippen LogP contribution >= 0.6 is 34.9 Å². The zero-order valence-electron chi connectivity index (χ0n) is 11.9. The average molecular weight is 354 g/mol. The summed E-state index contributed by atoms with van der Waals surface area (Å²) in [6.07, 6.45) is 1.92. The standard InChI is InChI=1S/C13H14N4O2S3/c1-8(21-13-17-16-12(20-2)22-13)10(18)14-15-11(19)9-6-4-3-5-7-9/h3-8H,1-2H3,(H,14,18)(H,15,19)/t8-/m1/s1. The highest BCUT2D eigenvalue weighted by Gasteiger charge is 2.17. The molecule has 2 aromatic rings. The Bertz CT molecular complexity index is 648. The Morgan fingerprint density at radius 1 is 1.14 bits per heavy atom. The number of nitrogens with zero attached hydrogens (tertiary/aromatic N) is 2. The Morgan fingerprint density at radius 3 is 2.45 bits per heavy atom. The van der Waals surface area contributed by atoms with Gasteiger partial charge >= 0.3 is 0 Å². The number of aromatic nitrogens is 2. The predicted molar refractivity (Wildman–Crippen MR) is 89.1 cm³/mol. The predicted octanol–water partition coefficient (Wildman–Crippen LogP) is 2.20. The second-order valence-corrected chi connectivity index (χ2v) is 7.73. The van der Waals surface area contributed by atoms with E-state index in [-0.39, 0.29) is 11.8 Å². The molecule has 0 radical (unpaired) electrons. The van der Waals surface area contributed by atoms with Gasteiger partial charge in [0.2, 0.25) is 0 Å². The number of benzene rings is 1. The van der Waals surface area contributed by atoms with E-state index in [2.05, 4.69) is 21.0 Å². The lowest BCUT2D eigenvalue weighted by molar-refractivity contribution is -0.121. The molecule has 0 fully saturated rings. The maximum atomic E-state index is 12.0. The molecule has 0 saturated heterocycles. The number of rotatable bonds is 5. The van der Waals surface area contributed by atoms with Crippen molar-refractivity contribution < 1.29 is 9.59 Å². The first kappa shape index (κ1) is 16.8. The molecule has 1 aromatic heterocycles. The zero-order chi connectivity index (χ0) is 15.9. The van der Waals surface area contributed by atoms with Crippen LogP contribution in [0.25, 0.3) is 0 Å². The minimum atomic E-state index is -0.390. The first-order valence-corrected chi connectivity index (χ1v) is 9.21. The van der Waals surface area contributed by atoms with Gasteiger partial charge in [-0.05, 0) is 25.3 Å². The maximum Gasteiger partial charge on any atom is 0.269 e. The number of hydrogen-bond donors (Lipinski definition) is 2. The van der Waals surface area contributed by atoms with E-state index >= 15 is 0 Å². The summed E-state index contributed by atoms with van der Waals surface area (Å²) in [5.41, 5.74) is 5.29. The van der Waals surface area contributed by atoms with Gasteiger partial charge in [0.25, 0.3) is 11.8 Å². The Balaban J connectivity index is 1.82. The fourth-order valence-corrected chi connectivity index (χ4v) is 4.00. The average Bonchev–Trinajstić information content (AvgIpc) is 3.00. The summed E-state index contributed by atoms with van der Waals surface area (Å²) >= 11 is 4.25. The molecule has 0 unspecified atom stereocenters. The Hall–Kier alpha value is -1.58. The van der Waals surface area contributed by atoms with Crippen LogP contribution in [0.15, 0.2) is 39.0 Å². The smallest absolute Gasteiger partial charge is 0.269 e. The number of carbonyl (C=O) groups is 2. The molecule has 2 N–H and O–H groups in total. The van der Waals surface area contributed by atoms with E-state index in [0.29, 0.717) is 5.56 Å². The van der Waals surface area contributed by atoms with Crippen molar-refractivity contribution in [2.45, 2.75) is 20.9 Å². The molecule has 1 atom stereocenters. The molecule has 1 heterocycles. The minimum Gasteiger partial charge on any atom is -0.272 e. The largest absolute Gasteiger partial charge is 0.272 e. The van der Waals surface area contributed by atoms with Crippen molar-refractivity contribution in [1.29, 1.82) is 0 Å². The maximum absolute atomic E-state index is 12.0. The third kappa shape index (κ3) is 4.72. The van der Waals surface area contributed by atoms with Gasteiger partial charge in [-0.2, -0.15) is 0 Å². The van der Waals surface area contributed by atoms with Gasteiger partial charge in [-0.25, -0.2) is 0 Å². The Morgan fingerprint density at radius 2 is 1.82 bits per heavy atom. The van der Waals surface area contributed by atoms with Crippen molar-refractivity contribution in [3.63, 3.8) is 0 Å². The van der Waals surface area contributed by atoms with E-state index < -0.39 is 5.25 Å². The molecule has 2 rings (SSSR count). The molecular formula is C13H14N4O2S3. The second kappa shape index (κ2) is 8.16. The van der Waals surface area contributed by atoms with Crippen molar-refractivity contribution in [2.75, 3.05) is 6.26 Å². The molecule has 2 amide bonds. The fourth-order valence-electron chi connectivity index (χ4n) is 1.41. The summed E-state index contributed by atoms with van der Waals surface area (Å²) in [5.74, 6) is -0.651. The highest BCUT2D eigenvalue weighted by atomic mass is 32.2. The molecule has 0 aliphatic carbocycles. The number of amides is 2. The van der Waals surface area contributed by atoms with E-state index in [4.69, 9.17) is 0 Å². The molecule has 6 nitrogen and oxygen atoms in total. The summed E-state index contributed by atoms with van der Waals surface area (Å²) in [5, 5.41) is 7.58. The van der Waals surface area contributed by atoms with E-state index in [1.165, 1.54) is 34.9 Å². The molecule has 0 aliphatic heterocycles. The van der Waals surface area contributed by atoms with Gasteiger partial charge in [-0.1, -0.05) is 53.1 Å². The first-order chi connectivity index (χ1) is 10.6. The van der Waals surface area contributed by atoms with E-state index in [0.717, 1.165) is 8.68 Å². The molecular weight excluding hydrogens is 340 g/mol. The first-order valence-electron chi connectivity index (χ1n) is 6.29. The van der Waals surface area contributed by atoms with Crippen molar-refractivity contribution in [3.8, 4) is 0 Å². The van der Waals surface area contributed by atoms with Gasteiger partial charge in [-0.3, -0.25) is 20.4 Å². The number of hydrogen-bond acceptors (Lipinski definition) is 7. The Kier molecular flexibility index (Phi) is 6.22. The van der Waals surface area contributed by atoms with Crippen molar-refractivity contribution in [3.05, 3.63) is 35.9 Å². The van der Waals surface area contributed by atoms with Gasteiger partial charge in [0, 0.05) is 5.56 Å². The molecule has 116 valence electrons. The molecule has 0 spiro atoms. The van der Waals surface area contributed by atoms with Crippen LogP contribution in [0, 0.1) is 0 Å². The van der Waals surface area contributed by atoms with Crippen LogP contribution in [0.3, 0.4) is 0 Å². The van der Waals surface area contributed by atoms with Gasteiger partial charge in [-0.15, -0.1) is 10.2 Å². The minimum absolute atomic E-state index is 0.296. The highest BCUT2D eigenvalue weighted by molar-refractivity contribution is 8.03. The zero-order valence-corrected chi connectivity index (χ0v) is 14.3. The fraction of sp³-hybridized carbons (Fsp3) is 0.231. The van der Waals surface area contributed by atoms with Gasteiger partial charge in [0.1, 0.15) is 0 Å². The van der Waals surface area contributed by atoms with Crippen LogP contribution in [0.5, 0.6) is 0 Å². The molecule has 0 bridgehead atoms. The SMILES string of the molecule is CSc1nnc(S[C@H](C)C(=O)NNC(=O)c2ccccc2)s1. The van der Waals surface area contributed by atoms with Gasteiger partial charge in [0.15, 0.2) is 8.68 Å². The number of carbonyl (C=O) groups excluding carboxylic acids is 2. The molecule has 0 aliphatic rings. The van der Waals surface area contributed by atoms with Crippen LogP contribution in [0.1, 0.15) is 17.3 Å². The third-order valence-corrected chi connectivity index (χ3v) is 5.63. The number of hydrazine groups is 1. The van der Waals surface area contributed by atoms with E-state index in [1.54, 1.807) is 31.2 Å². The lowest BCUT2D eigenvalue weighted by Crippen LogP contribution is -2.44. The van der Waals surface area contributed by atoms with Crippen LogP contribution in [-0.2, 0) is 4.79 Å². The molecule has 22 heavy (non-hydrogen) atoms. The third-order valence-electron chi connectivity index (χ3n) is 2.54. The summed E-state index contributed by atoms with van der Waals surface area (Å²) < 4.78 is 1.58. The second-order valence-electron chi connectivity index (χ2n) is 4.11. The van der Waals surface area contributed by atoms with Crippen LogP contribution in [0.2, 0.25) is 0 Å².